The monoisotopic (exact) mass is 414 g/mol. The lowest BCUT2D eigenvalue weighted by atomic mass is 10.0. The third kappa shape index (κ3) is 11.7. The maximum atomic E-state index is 11.9. The average molecular weight is 415 g/mol. The number of allylic oxidation sites excluding steroid dienone is 2. The SMILES string of the molecule is CCCCCCCCCCCC=CCCCCCC(CC)([P+](=O)[O-])[N+](C)(C)C. The molecular weight excluding hydrogens is 365 g/mol. The summed E-state index contributed by atoms with van der Waals surface area (Å²) in [5.41, 5.74) is 0. The lowest BCUT2D eigenvalue weighted by Gasteiger charge is -2.39. The topological polar surface area (TPSA) is 40.1 Å². The summed E-state index contributed by atoms with van der Waals surface area (Å²) >= 11 is 0. The Morgan fingerprint density at radius 3 is 1.57 bits per heavy atom. The number of quaternary nitrogens is 1. The van der Waals surface area contributed by atoms with Crippen LogP contribution in [-0.4, -0.2) is 30.9 Å². The number of hydrogen-bond acceptors (Lipinski definition) is 2. The first-order chi connectivity index (χ1) is 13.3. The van der Waals surface area contributed by atoms with E-state index >= 15 is 0 Å². The average Bonchev–Trinajstić information content (AvgIpc) is 2.63. The molecule has 4 heteroatoms. The first kappa shape index (κ1) is 27.8. The summed E-state index contributed by atoms with van der Waals surface area (Å²) in [5, 5.41) is -0.610. The largest absolute Gasteiger partial charge is 0.590 e. The maximum absolute atomic E-state index is 11.9. The predicted octanol–water partition coefficient (Wildman–Crippen LogP) is 7.33. The molecule has 28 heavy (non-hydrogen) atoms. The Kier molecular flexibility index (Phi) is 16.4. The first-order valence-electron chi connectivity index (χ1n) is 11.9. The van der Waals surface area contributed by atoms with Crippen LogP contribution in [0, 0.1) is 0 Å². The van der Waals surface area contributed by atoms with Crippen molar-refractivity contribution in [2.45, 2.75) is 122 Å². The lowest BCUT2D eigenvalue weighted by Crippen LogP contribution is -2.55. The second-order valence-corrected chi connectivity index (χ2v) is 10.6. The molecule has 0 N–H and O–H groups in total. The molecule has 0 aromatic carbocycles. The molecule has 2 unspecified atom stereocenters. The Labute approximate surface area is 177 Å². The summed E-state index contributed by atoms with van der Waals surface area (Å²) < 4.78 is 12.4. The third-order valence-electron chi connectivity index (χ3n) is 6.24. The van der Waals surface area contributed by atoms with Crippen molar-refractivity contribution in [2.24, 2.45) is 0 Å². The van der Waals surface area contributed by atoms with Gasteiger partial charge in [-0.25, -0.2) is 0 Å². The molecule has 0 saturated carbocycles. The summed E-state index contributed by atoms with van der Waals surface area (Å²) in [6, 6.07) is 0. The van der Waals surface area contributed by atoms with Crippen LogP contribution in [0.5, 0.6) is 0 Å². The van der Waals surface area contributed by atoms with Gasteiger partial charge in [-0.1, -0.05) is 88.4 Å². The van der Waals surface area contributed by atoms with Crippen molar-refractivity contribution in [1.82, 2.24) is 0 Å². The maximum Gasteiger partial charge on any atom is 0.376 e. The van der Waals surface area contributed by atoms with Gasteiger partial charge in [0.2, 0.25) is 0 Å². The Morgan fingerprint density at radius 2 is 1.18 bits per heavy atom. The molecule has 0 amide bonds. The third-order valence-corrected chi connectivity index (χ3v) is 8.06. The summed E-state index contributed by atoms with van der Waals surface area (Å²) in [6.07, 6.45) is 24.3. The van der Waals surface area contributed by atoms with Gasteiger partial charge in [-0.05, 0) is 32.1 Å². The molecule has 0 saturated heterocycles. The molecule has 0 aromatic rings. The number of hydrogen-bond donors (Lipinski definition) is 0. The van der Waals surface area contributed by atoms with Crippen molar-refractivity contribution in [3.8, 4) is 0 Å². The van der Waals surface area contributed by atoms with Crippen molar-refractivity contribution in [1.29, 1.82) is 0 Å². The van der Waals surface area contributed by atoms with Gasteiger partial charge in [0.15, 0.2) is 0 Å². The fourth-order valence-corrected chi connectivity index (χ4v) is 5.20. The van der Waals surface area contributed by atoms with Crippen LogP contribution in [0.15, 0.2) is 12.2 Å². The van der Waals surface area contributed by atoms with Crippen LogP contribution in [0.1, 0.15) is 117 Å². The van der Waals surface area contributed by atoms with Crippen molar-refractivity contribution in [3.05, 3.63) is 12.2 Å². The highest BCUT2D eigenvalue weighted by Gasteiger charge is 2.52. The standard InChI is InChI=1S/C24H49NO2P/c1-6-8-9-10-11-12-13-14-15-16-17-18-19-20-21-22-23-24(7-2,28(26)27)25(3,4)5/h17-18H,6-16,19-23H2,1-5H3/q+1. The van der Waals surface area contributed by atoms with Gasteiger partial charge in [0.25, 0.3) is 5.28 Å². The van der Waals surface area contributed by atoms with E-state index in [0.717, 1.165) is 25.7 Å². The molecule has 0 spiro atoms. The molecular formula is C24H49NO2P+. The van der Waals surface area contributed by atoms with Gasteiger partial charge in [-0.2, -0.15) is 0 Å². The molecule has 0 heterocycles. The zero-order valence-corrected chi connectivity index (χ0v) is 20.6. The molecule has 3 nitrogen and oxygen atoms in total. The minimum atomic E-state index is -2.42. The van der Waals surface area contributed by atoms with Gasteiger partial charge in [-0.15, -0.1) is 0 Å². The predicted molar refractivity (Wildman–Crippen MR) is 123 cm³/mol. The Balaban J connectivity index is 3.69. The lowest BCUT2D eigenvalue weighted by molar-refractivity contribution is -0.910. The van der Waals surface area contributed by atoms with Crippen LogP contribution < -0.4 is 4.89 Å². The fourth-order valence-electron chi connectivity index (χ4n) is 4.11. The summed E-state index contributed by atoms with van der Waals surface area (Å²) in [6.45, 7) is 4.28. The van der Waals surface area contributed by atoms with Crippen molar-refractivity contribution in [3.63, 3.8) is 0 Å². The summed E-state index contributed by atoms with van der Waals surface area (Å²) in [7, 11) is 3.59. The van der Waals surface area contributed by atoms with Gasteiger partial charge in [0.05, 0.1) is 21.1 Å². The van der Waals surface area contributed by atoms with E-state index in [1.165, 1.54) is 70.6 Å². The summed E-state index contributed by atoms with van der Waals surface area (Å²) in [4.78, 5) is 11.9. The highest BCUT2D eigenvalue weighted by molar-refractivity contribution is 7.38. The second kappa shape index (κ2) is 16.5. The number of nitrogens with zero attached hydrogens (tertiary/aromatic N) is 1. The van der Waals surface area contributed by atoms with E-state index in [0.29, 0.717) is 10.9 Å². The molecule has 0 aliphatic heterocycles. The highest BCUT2D eigenvalue weighted by Crippen LogP contribution is 2.44. The second-order valence-electron chi connectivity index (χ2n) is 9.29. The van der Waals surface area contributed by atoms with E-state index in [9.17, 15) is 9.46 Å². The minimum absolute atomic E-state index is 0.501. The fraction of sp³-hybridized carbons (Fsp3) is 0.917. The summed E-state index contributed by atoms with van der Waals surface area (Å²) in [5.74, 6) is 0. The van der Waals surface area contributed by atoms with Crippen LogP contribution in [0.25, 0.3) is 0 Å². The smallest absolute Gasteiger partial charge is 0.376 e. The van der Waals surface area contributed by atoms with Gasteiger partial charge in [0, 0.05) is 12.8 Å². The van der Waals surface area contributed by atoms with E-state index in [4.69, 9.17) is 0 Å². The molecule has 0 rings (SSSR count). The van der Waals surface area contributed by atoms with Crippen LogP contribution in [0.4, 0.5) is 0 Å². The van der Waals surface area contributed by atoms with E-state index < -0.39 is 13.3 Å². The van der Waals surface area contributed by atoms with Gasteiger partial charge in [0.1, 0.15) is 0 Å². The Morgan fingerprint density at radius 1 is 0.750 bits per heavy atom. The van der Waals surface area contributed by atoms with Crippen molar-refractivity contribution >= 4 is 8.03 Å². The first-order valence-corrected chi connectivity index (χ1v) is 13.1. The minimum Gasteiger partial charge on any atom is -0.590 e. The van der Waals surface area contributed by atoms with Crippen LogP contribution in [-0.2, 0) is 4.57 Å². The zero-order valence-electron chi connectivity index (χ0n) is 19.7. The van der Waals surface area contributed by atoms with Gasteiger partial charge >= 0.3 is 8.03 Å². The molecule has 0 bridgehead atoms. The molecule has 0 aliphatic rings. The van der Waals surface area contributed by atoms with Gasteiger partial charge < -0.3 is 4.89 Å². The quantitative estimate of drug-likeness (QED) is 0.0960. The molecule has 0 aliphatic carbocycles. The van der Waals surface area contributed by atoms with E-state index in [1.807, 2.05) is 28.1 Å². The molecule has 166 valence electrons. The highest BCUT2D eigenvalue weighted by atomic mass is 31.1. The molecule has 0 aromatic heterocycles. The van der Waals surface area contributed by atoms with Crippen LogP contribution in [0.3, 0.4) is 0 Å². The Hall–Kier alpha value is -0.240. The number of unbranched alkanes of at least 4 members (excludes halogenated alkanes) is 12. The zero-order chi connectivity index (χ0) is 21.3. The number of rotatable bonds is 19. The van der Waals surface area contributed by atoms with E-state index in [2.05, 4.69) is 19.1 Å². The molecule has 0 fully saturated rings. The van der Waals surface area contributed by atoms with Crippen LogP contribution >= 0.6 is 8.03 Å². The van der Waals surface area contributed by atoms with Gasteiger partial charge in [-0.3, -0.25) is 4.48 Å². The van der Waals surface area contributed by atoms with Crippen LogP contribution in [0.2, 0.25) is 0 Å². The Bertz CT molecular complexity index is 417. The van der Waals surface area contributed by atoms with Crippen molar-refractivity contribution < 1.29 is 13.9 Å². The molecule has 2 atom stereocenters. The van der Waals surface area contributed by atoms with E-state index in [-0.39, 0.29) is 0 Å². The van der Waals surface area contributed by atoms with Crippen molar-refractivity contribution in [2.75, 3.05) is 21.1 Å². The van der Waals surface area contributed by atoms with E-state index in [1.54, 1.807) is 0 Å². The molecule has 0 radical (unpaired) electrons. The normalized spacial score (nSPS) is 15.1.